The molecule has 1 N–H and O–H groups in total. The lowest BCUT2D eigenvalue weighted by Crippen LogP contribution is -2.31. The highest BCUT2D eigenvalue weighted by Gasteiger charge is 2.09. The molecule has 0 saturated heterocycles. The summed E-state index contributed by atoms with van der Waals surface area (Å²) in [5.41, 5.74) is 1.19. The lowest BCUT2D eigenvalue weighted by atomic mass is 10.0. The molecule has 0 heterocycles. The summed E-state index contributed by atoms with van der Waals surface area (Å²) < 4.78 is 15.9. The Morgan fingerprint density at radius 1 is 1.00 bits per heavy atom. The summed E-state index contributed by atoms with van der Waals surface area (Å²) in [6.45, 7) is 2.58. The molecule has 0 aliphatic rings. The Balaban J connectivity index is 1.83. The van der Waals surface area contributed by atoms with Crippen LogP contribution in [0.15, 0.2) is 48.5 Å². The number of benzene rings is 2. The second kappa shape index (κ2) is 8.82. The normalized spacial score (nSPS) is 11.5. The van der Waals surface area contributed by atoms with Gasteiger partial charge in [-0.05, 0) is 11.5 Å². The Morgan fingerprint density at radius 3 is 2.17 bits per heavy atom. The van der Waals surface area contributed by atoms with Crippen LogP contribution < -0.4 is 19.5 Å². The van der Waals surface area contributed by atoms with Crippen molar-refractivity contribution in [2.75, 3.05) is 27.4 Å². The smallest absolute Gasteiger partial charge is 0.257 e. The first-order valence-corrected chi connectivity index (χ1v) is 7.80. The van der Waals surface area contributed by atoms with Crippen LogP contribution in [0.4, 0.5) is 0 Å². The van der Waals surface area contributed by atoms with Gasteiger partial charge >= 0.3 is 0 Å². The third-order valence-corrected chi connectivity index (χ3v) is 3.67. The van der Waals surface area contributed by atoms with Gasteiger partial charge in [0.1, 0.15) is 17.2 Å². The summed E-state index contributed by atoms with van der Waals surface area (Å²) in [5.74, 6) is 1.83. The van der Waals surface area contributed by atoms with E-state index in [1.54, 1.807) is 32.4 Å². The Hall–Kier alpha value is -2.69. The first kappa shape index (κ1) is 17.7. The third kappa shape index (κ3) is 5.19. The quantitative estimate of drug-likeness (QED) is 0.809. The van der Waals surface area contributed by atoms with E-state index >= 15 is 0 Å². The minimum Gasteiger partial charge on any atom is -0.496 e. The molecule has 2 aromatic rings. The van der Waals surface area contributed by atoms with Gasteiger partial charge in [-0.1, -0.05) is 37.3 Å². The van der Waals surface area contributed by atoms with E-state index in [1.807, 2.05) is 18.2 Å². The molecular formula is C19H23NO4. The van der Waals surface area contributed by atoms with E-state index in [9.17, 15) is 4.79 Å². The molecule has 0 unspecified atom stereocenters. The molecule has 5 heteroatoms. The number of hydrogen-bond acceptors (Lipinski definition) is 4. The number of hydrogen-bond donors (Lipinski definition) is 1. The maximum absolute atomic E-state index is 12.0. The molecular weight excluding hydrogens is 306 g/mol. The Kier molecular flexibility index (Phi) is 6.49. The Morgan fingerprint density at radius 2 is 1.58 bits per heavy atom. The number of rotatable bonds is 8. The summed E-state index contributed by atoms with van der Waals surface area (Å²) in [7, 11) is 3.13. The highest BCUT2D eigenvalue weighted by atomic mass is 16.5. The van der Waals surface area contributed by atoms with Gasteiger partial charge in [0.2, 0.25) is 0 Å². The molecule has 0 aliphatic heterocycles. The fraction of sp³-hybridized carbons (Fsp3) is 0.316. The molecule has 0 aromatic heterocycles. The van der Waals surface area contributed by atoms with Crippen molar-refractivity contribution >= 4 is 5.91 Å². The Labute approximate surface area is 142 Å². The molecule has 24 heavy (non-hydrogen) atoms. The van der Waals surface area contributed by atoms with Crippen LogP contribution in [-0.4, -0.2) is 33.3 Å². The summed E-state index contributed by atoms with van der Waals surface area (Å²) in [4.78, 5) is 12.0. The lowest BCUT2D eigenvalue weighted by molar-refractivity contribution is -0.123. The van der Waals surface area contributed by atoms with Crippen LogP contribution in [0.3, 0.4) is 0 Å². The number of carbonyl (C=O) groups excluding carboxylic acids is 1. The van der Waals surface area contributed by atoms with Gasteiger partial charge in [-0.25, -0.2) is 0 Å². The fourth-order valence-corrected chi connectivity index (χ4v) is 2.23. The van der Waals surface area contributed by atoms with E-state index < -0.39 is 0 Å². The van der Waals surface area contributed by atoms with Crippen LogP contribution in [0.25, 0.3) is 0 Å². The van der Waals surface area contributed by atoms with E-state index in [2.05, 4.69) is 24.4 Å². The molecule has 1 amide bonds. The number of carbonyl (C=O) groups is 1. The highest BCUT2D eigenvalue weighted by molar-refractivity contribution is 5.77. The highest BCUT2D eigenvalue weighted by Crippen LogP contribution is 2.27. The van der Waals surface area contributed by atoms with Crippen molar-refractivity contribution in [2.24, 2.45) is 0 Å². The van der Waals surface area contributed by atoms with E-state index in [-0.39, 0.29) is 18.4 Å². The van der Waals surface area contributed by atoms with Gasteiger partial charge < -0.3 is 19.5 Å². The summed E-state index contributed by atoms with van der Waals surface area (Å²) in [6, 6.07) is 15.2. The molecule has 0 aliphatic carbocycles. The molecule has 0 fully saturated rings. The predicted octanol–water partition coefficient (Wildman–Crippen LogP) is 3.00. The SMILES string of the molecule is COc1cc(OC)cc(OCC(=O)NC[C@@H](C)c2ccccc2)c1. The first-order chi connectivity index (χ1) is 11.6. The van der Waals surface area contributed by atoms with Crippen LogP contribution >= 0.6 is 0 Å². The second-order valence-electron chi connectivity index (χ2n) is 5.45. The Bertz CT molecular complexity index is 635. The largest absolute Gasteiger partial charge is 0.496 e. The van der Waals surface area contributed by atoms with Gasteiger partial charge in [-0.2, -0.15) is 0 Å². The van der Waals surface area contributed by atoms with Crippen molar-refractivity contribution in [1.29, 1.82) is 0 Å². The van der Waals surface area contributed by atoms with Crippen molar-refractivity contribution in [3.8, 4) is 17.2 Å². The zero-order valence-electron chi connectivity index (χ0n) is 14.2. The standard InChI is InChI=1S/C19H23NO4/c1-14(15-7-5-4-6-8-15)12-20-19(21)13-24-18-10-16(22-2)9-17(11-18)23-3/h4-11,14H,12-13H2,1-3H3,(H,20,21)/t14-/m1/s1. The number of methoxy groups -OCH3 is 2. The van der Waals surface area contributed by atoms with Crippen molar-refractivity contribution in [3.05, 3.63) is 54.1 Å². The predicted molar refractivity (Wildman–Crippen MR) is 92.9 cm³/mol. The average Bonchev–Trinajstić information content (AvgIpc) is 2.64. The minimum atomic E-state index is -0.167. The first-order valence-electron chi connectivity index (χ1n) is 7.80. The second-order valence-corrected chi connectivity index (χ2v) is 5.45. The van der Waals surface area contributed by atoms with E-state index in [0.717, 1.165) is 0 Å². The molecule has 5 nitrogen and oxygen atoms in total. The van der Waals surface area contributed by atoms with Crippen molar-refractivity contribution in [1.82, 2.24) is 5.32 Å². The van der Waals surface area contributed by atoms with E-state index in [1.165, 1.54) is 5.56 Å². The summed E-state index contributed by atoms with van der Waals surface area (Å²) in [6.07, 6.45) is 0. The third-order valence-electron chi connectivity index (χ3n) is 3.67. The van der Waals surface area contributed by atoms with Crippen LogP contribution in [0.2, 0.25) is 0 Å². The molecule has 128 valence electrons. The maximum Gasteiger partial charge on any atom is 0.257 e. The van der Waals surface area contributed by atoms with E-state index in [0.29, 0.717) is 23.8 Å². The molecule has 1 atom stereocenters. The molecule has 0 saturated carbocycles. The molecule has 0 radical (unpaired) electrons. The van der Waals surface area contributed by atoms with Crippen LogP contribution in [0.1, 0.15) is 18.4 Å². The van der Waals surface area contributed by atoms with Gasteiger partial charge in [0.25, 0.3) is 5.91 Å². The van der Waals surface area contributed by atoms with Crippen molar-refractivity contribution in [3.63, 3.8) is 0 Å². The van der Waals surface area contributed by atoms with E-state index in [4.69, 9.17) is 14.2 Å². The maximum atomic E-state index is 12.0. The lowest BCUT2D eigenvalue weighted by Gasteiger charge is -2.14. The summed E-state index contributed by atoms with van der Waals surface area (Å²) >= 11 is 0. The zero-order valence-corrected chi connectivity index (χ0v) is 14.2. The van der Waals surface area contributed by atoms with Gasteiger partial charge in [0.05, 0.1) is 14.2 Å². The van der Waals surface area contributed by atoms with Gasteiger partial charge in [-0.3, -0.25) is 4.79 Å². The molecule has 2 aromatic carbocycles. The van der Waals surface area contributed by atoms with Crippen LogP contribution in [-0.2, 0) is 4.79 Å². The number of nitrogens with one attached hydrogen (secondary N) is 1. The molecule has 0 bridgehead atoms. The minimum absolute atomic E-state index is 0.0577. The van der Waals surface area contributed by atoms with Crippen LogP contribution in [0.5, 0.6) is 17.2 Å². The van der Waals surface area contributed by atoms with Crippen molar-refractivity contribution < 1.29 is 19.0 Å². The molecule has 0 spiro atoms. The van der Waals surface area contributed by atoms with Gasteiger partial charge in [-0.15, -0.1) is 0 Å². The monoisotopic (exact) mass is 329 g/mol. The summed E-state index contributed by atoms with van der Waals surface area (Å²) in [5, 5.41) is 2.88. The van der Waals surface area contributed by atoms with Crippen molar-refractivity contribution in [2.45, 2.75) is 12.8 Å². The zero-order chi connectivity index (χ0) is 17.4. The number of ether oxygens (including phenoxy) is 3. The van der Waals surface area contributed by atoms with Gasteiger partial charge in [0, 0.05) is 24.7 Å². The topological polar surface area (TPSA) is 56.8 Å². The van der Waals surface area contributed by atoms with Crippen LogP contribution in [0, 0.1) is 0 Å². The average molecular weight is 329 g/mol. The van der Waals surface area contributed by atoms with Gasteiger partial charge in [0.15, 0.2) is 6.61 Å². The fourth-order valence-electron chi connectivity index (χ4n) is 2.23. The molecule has 2 rings (SSSR count). The number of amides is 1.